The summed E-state index contributed by atoms with van der Waals surface area (Å²) in [5.74, 6) is 1.36. The Balaban J connectivity index is 1.17. The molecule has 0 saturated carbocycles. The molecule has 5 rings (SSSR count). The molecule has 3 heterocycles. The molecule has 3 aromatic rings. The first-order valence-corrected chi connectivity index (χ1v) is 10.9. The first-order valence-electron chi connectivity index (χ1n) is 10.9. The van der Waals surface area contributed by atoms with Crippen molar-refractivity contribution in [1.82, 2.24) is 19.4 Å². The lowest BCUT2D eigenvalue weighted by atomic mass is 10.2. The van der Waals surface area contributed by atoms with Gasteiger partial charge in [-0.25, -0.2) is 4.98 Å². The van der Waals surface area contributed by atoms with Crippen LogP contribution in [-0.2, 0) is 24.3 Å². The van der Waals surface area contributed by atoms with Gasteiger partial charge in [0.05, 0.1) is 10.9 Å². The van der Waals surface area contributed by atoms with Crippen molar-refractivity contribution in [2.45, 2.75) is 25.9 Å². The zero-order valence-electron chi connectivity index (χ0n) is 17.5. The molecule has 1 amide bonds. The molecule has 1 fully saturated rings. The van der Waals surface area contributed by atoms with Gasteiger partial charge in [0, 0.05) is 45.7 Å². The van der Waals surface area contributed by atoms with Gasteiger partial charge in [0.15, 0.2) is 6.61 Å². The second kappa shape index (κ2) is 8.51. The van der Waals surface area contributed by atoms with Crippen LogP contribution in [-0.4, -0.2) is 58.0 Å². The summed E-state index contributed by atoms with van der Waals surface area (Å²) in [6.07, 6.45) is 1.80. The molecule has 0 unspecified atom stereocenters. The summed E-state index contributed by atoms with van der Waals surface area (Å²) >= 11 is 0. The van der Waals surface area contributed by atoms with E-state index in [1.807, 2.05) is 11.0 Å². The zero-order valence-corrected chi connectivity index (χ0v) is 17.5. The van der Waals surface area contributed by atoms with Crippen LogP contribution in [0.25, 0.3) is 10.9 Å². The van der Waals surface area contributed by atoms with E-state index in [2.05, 4.69) is 34.1 Å². The summed E-state index contributed by atoms with van der Waals surface area (Å²) < 4.78 is 7.49. The highest BCUT2D eigenvalue weighted by Crippen LogP contribution is 2.20. The molecule has 0 aliphatic carbocycles. The summed E-state index contributed by atoms with van der Waals surface area (Å²) in [5.41, 5.74) is 1.95. The van der Waals surface area contributed by atoms with Crippen molar-refractivity contribution in [2.24, 2.45) is 0 Å². The van der Waals surface area contributed by atoms with Crippen LogP contribution >= 0.6 is 0 Å². The van der Waals surface area contributed by atoms with E-state index in [0.717, 1.165) is 44.8 Å². The molecule has 1 saturated heterocycles. The van der Waals surface area contributed by atoms with Gasteiger partial charge in [0.1, 0.15) is 11.6 Å². The van der Waals surface area contributed by atoms with E-state index in [4.69, 9.17) is 4.74 Å². The Hall–Kier alpha value is -3.19. The van der Waals surface area contributed by atoms with Crippen molar-refractivity contribution >= 4 is 16.8 Å². The fraction of sp³-hybridized carbons (Fsp3) is 0.375. The molecule has 1 aromatic heterocycles. The molecule has 0 N–H and O–H groups in total. The van der Waals surface area contributed by atoms with Crippen LogP contribution in [0.2, 0.25) is 0 Å². The third-order valence-electron chi connectivity index (χ3n) is 6.12. The maximum atomic E-state index is 12.7. The van der Waals surface area contributed by atoms with Crippen LogP contribution in [0.1, 0.15) is 17.8 Å². The first-order chi connectivity index (χ1) is 15.2. The number of ether oxygens (including phenoxy) is 1. The zero-order chi connectivity index (χ0) is 21.2. The lowest BCUT2D eigenvalue weighted by Gasteiger charge is -2.34. The van der Waals surface area contributed by atoms with Gasteiger partial charge in [-0.1, -0.05) is 30.3 Å². The normalized spacial score (nSPS) is 16.5. The summed E-state index contributed by atoms with van der Waals surface area (Å²) in [6, 6.07) is 15.7. The number of carbonyl (C=O) groups excluding carboxylic acids is 1. The second-order valence-corrected chi connectivity index (χ2v) is 8.20. The molecular formula is C24H26N4O3. The standard InChI is InChI=1S/C24H26N4O3/c29-23(27-13-11-26(12-14-27)16-18-5-2-1-3-6-18)17-31-19-8-9-21-20(15-19)24(30)28-10-4-7-22(28)25-21/h1-3,5-6,8-9,15H,4,7,10-14,16-17H2. The average Bonchev–Trinajstić information content (AvgIpc) is 3.28. The fourth-order valence-corrected chi connectivity index (χ4v) is 4.39. The third kappa shape index (κ3) is 4.18. The Kier molecular flexibility index (Phi) is 5.42. The lowest BCUT2D eigenvalue weighted by Crippen LogP contribution is -2.49. The number of aryl methyl sites for hydroxylation is 1. The Morgan fingerprint density at radius 3 is 2.61 bits per heavy atom. The number of fused-ring (bicyclic) bond motifs is 2. The van der Waals surface area contributed by atoms with Gasteiger partial charge >= 0.3 is 0 Å². The number of hydrogen-bond donors (Lipinski definition) is 0. The van der Waals surface area contributed by atoms with Crippen LogP contribution in [0, 0.1) is 0 Å². The van der Waals surface area contributed by atoms with Gasteiger partial charge in [-0.15, -0.1) is 0 Å². The van der Waals surface area contributed by atoms with E-state index in [9.17, 15) is 9.59 Å². The van der Waals surface area contributed by atoms with E-state index >= 15 is 0 Å². The lowest BCUT2D eigenvalue weighted by molar-refractivity contribution is -0.135. The van der Waals surface area contributed by atoms with Crippen molar-refractivity contribution in [3.8, 4) is 5.75 Å². The Labute approximate surface area is 180 Å². The van der Waals surface area contributed by atoms with Crippen molar-refractivity contribution in [3.63, 3.8) is 0 Å². The number of hydrogen-bond acceptors (Lipinski definition) is 5. The second-order valence-electron chi connectivity index (χ2n) is 8.20. The highest BCUT2D eigenvalue weighted by molar-refractivity contribution is 5.80. The number of carbonyl (C=O) groups is 1. The number of benzene rings is 2. The molecule has 0 radical (unpaired) electrons. The SMILES string of the molecule is O=C(COc1ccc2nc3n(c(=O)c2c1)CCC3)N1CCN(Cc2ccccc2)CC1. The smallest absolute Gasteiger partial charge is 0.261 e. The molecular weight excluding hydrogens is 392 g/mol. The van der Waals surface area contributed by atoms with Gasteiger partial charge in [-0.05, 0) is 30.2 Å². The molecule has 160 valence electrons. The molecule has 2 aliphatic heterocycles. The average molecular weight is 418 g/mol. The van der Waals surface area contributed by atoms with Crippen molar-refractivity contribution in [3.05, 3.63) is 70.3 Å². The minimum Gasteiger partial charge on any atom is -0.484 e. The predicted molar refractivity (Wildman–Crippen MR) is 118 cm³/mol. The fourth-order valence-electron chi connectivity index (χ4n) is 4.39. The number of nitrogens with zero attached hydrogens (tertiary/aromatic N) is 4. The molecule has 7 nitrogen and oxygen atoms in total. The van der Waals surface area contributed by atoms with Crippen molar-refractivity contribution in [1.29, 1.82) is 0 Å². The van der Waals surface area contributed by atoms with Crippen LogP contribution in [0.15, 0.2) is 53.3 Å². The van der Waals surface area contributed by atoms with E-state index in [-0.39, 0.29) is 18.1 Å². The summed E-state index contributed by atoms with van der Waals surface area (Å²) in [4.78, 5) is 34.1. The van der Waals surface area contributed by atoms with Crippen LogP contribution in [0.4, 0.5) is 0 Å². The Bertz CT molecular complexity index is 1150. The first kappa shape index (κ1) is 19.8. The Morgan fingerprint density at radius 2 is 1.81 bits per heavy atom. The molecule has 7 heteroatoms. The van der Waals surface area contributed by atoms with Gasteiger partial charge in [-0.2, -0.15) is 0 Å². The number of piperazine rings is 1. The maximum Gasteiger partial charge on any atom is 0.261 e. The van der Waals surface area contributed by atoms with Gasteiger partial charge in [0.25, 0.3) is 11.5 Å². The molecule has 31 heavy (non-hydrogen) atoms. The molecule has 2 aliphatic rings. The maximum absolute atomic E-state index is 12.7. The predicted octanol–water partition coefficient (Wildman–Crippen LogP) is 2.07. The molecule has 0 atom stereocenters. The van der Waals surface area contributed by atoms with Crippen LogP contribution < -0.4 is 10.3 Å². The minimum absolute atomic E-state index is 0.0239. The highest BCUT2D eigenvalue weighted by atomic mass is 16.5. The van der Waals surface area contributed by atoms with Crippen molar-refractivity contribution < 1.29 is 9.53 Å². The van der Waals surface area contributed by atoms with Crippen LogP contribution in [0.3, 0.4) is 0 Å². The van der Waals surface area contributed by atoms with Gasteiger partial charge < -0.3 is 9.64 Å². The minimum atomic E-state index is -0.0248. The van der Waals surface area contributed by atoms with E-state index in [1.165, 1.54) is 5.56 Å². The van der Waals surface area contributed by atoms with Crippen molar-refractivity contribution in [2.75, 3.05) is 32.8 Å². The summed E-state index contributed by atoms with van der Waals surface area (Å²) in [7, 11) is 0. The van der Waals surface area contributed by atoms with E-state index in [1.54, 1.807) is 22.8 Å². The van der Waals surface area contributed by atoms with Gasteiger partial charge in [-0.3, -0.25) is 19.1 Å². The largest absolute Gasteiger partial charge is 0.484 e. The Morgan fingerprint density at radius 1 is 1.00 bits per heavy atom. The quantitative estimate of drug-likeness (QED) is 0.635. The van der Waals surface area contributed by atoms with E-state index in [0.29, 0.717) is 29.7 Å². The topological polar surface area (TPSA) is 67.7 Å². The summed E-state index contributed by atoms with van der Waals surface area (Å²) in [5, 5.41) is 0.546. The number of aromatic nitrogens is 2. The third-order valence-corrected chi connectivity index (χ3v) is 6.12. The van der Waals surface area contributed by atoms with Gasteiger partial charge in [0.2, 0.25) is 0 Å². The summed E-state index contributed by atoms with van der Waals surface area (Å²) in [6.45, 7) is 4.70. The molecule has 0 spiro atoms. The highest BCUT2D eigenvalue weighted by Gasteiger charge is 2.22. The van der Waals surface area contributed by atoms with E-state index < -0.39 is 0 Å². The molecule has 0 bridgehead atoms. The number of amides is 1. The molecule has 2 aromatic carbocycles. The number of rotatable bonds is 5. The monoisotopic (exact) mass is 418 g/mol. The van der Waals surface area contributed by atoms with Crippen LogP contribution in [0.5, 0.6) is 5.75 Å².